The number of hydrogen-bond donors (Lipinski definition) is 0. The molecule has 210 valence electrons. The second kappa shape index (κ2) is 8.80. The average Bonchev–Trinajstić information content (AvgIpc) is 3.42. The van der Waals surface area contributed by atoms with Crippen LogP contribution in [0.5, 0.6) is 0 Å². The van der Waals surface area contributed by atoms with Crippen LogP contribution in [-0.2, 0) is 10.8 Å². The summed E-state index contributed by atoms with van der Waals surface area (Å²) in [4.78, 5) is 0. The van der Waals surface area contributed by atoms with Gasteiger partial charge in [-0.25, -0.2) is 0 Å². The molecule has 7 aromatic rings. The van der Waals surface area contributed by atoms with Gasteiger partial charge in [0.15, 0.2) is 0 Å². The van der Waals surface area contributed by atoms with E-state index in [2.05, 4.69) is 161 Å². The molecular weight excluding hydrogens is 528 g/mol. The summed E-state index contributed by atoms with van der Waals surface area (Å²) < 4.78 is 0. The highest BCUT2D eigenvalue weighted by Crippen LogP contribution is 2.51. The summed E-state index contributed by atoms with van der Waals surface area (Å²) in [6.07, 6.45) is 0. The lowest BCUT2D eigenvalue weighted by Crippen LogP contribution is -2.14. The highest BCUT2D eigenvalue weighted by atomic mass is 14.4. The zero-order valence-corrected chi connectivity index (χ0v) is 25.7. The van der Waals surface area contributed by atoms with E-state index in [1.807, 2.05) is 0 Å². The minimum absolute atomic E-state index is 0.0108. The van der Waals surface area contributed by atoms with Crippen LogP contribution >= 0.6 is 0 Å². The molecular formula is C44H34. The van der Waals surface area contributed by atoms with Gasteiger partial charge in [0.2, 0.25) is 0 Å². The Hall–Kier alpha value is -4.94. The minimum Gasteiger partial charge on any atom is -0.0619 e. The first kappa shape index (κ1) is 25.5. The van der Waals surface area contributed by atoms with E-state index in [-0.39, 0.29) is 10.8 Å². The molecule has 0 spiro atoms. The van der Waals surface area contributed by atoms with Crippen molar-refractivity contribution in [2.75, 3.05) is 0 Å². The number of rotatable bonds is 2. The third-order valence-corrected chi connectivity index (χ3v) is 10.7. The summed E-state index contributed by atoms with van der Waals surface area (Å²) in [5, 5.41) is 5.16. The first-order chi connectivity index (χ1) is 21.3. The molecule has 0 amide bonds. The molecule has 0 N–H and O–H groups in total. The molecule has 0 saturated carbocycles. The van der Waals surface area contributed by atoms with Crippen LogP contribution in [0.25, 0.3) is 66.1 Å². The number of hydrogen-bond acceptors (Lipinski definition) is 0. The second-order valence-electron chi connectivity index (χ2n) is 13.8. The summed E-state index contributed by atoms with van der Waals surface area (Å²) in [6, 6.07) is 50.3. The molecule has 0 aromatic heterocycles. The standard InChI is InChI=1S/C44H34/c1-43(2)38-15-9-7-13-34(38)36-21-18-28(25-40(36)43)27-17-20-33-31(23-27)24-29-11-5-6-12-32(29)42(33)30-19-22-37-35-14-8-10-16-39(35)44(3,4)41(37)26-30/h5-26H,1-4H3. The van der Waals surface area contributed by atoms with Crippen LogP contribution in [0.3, 0.4) is 0 Å². The van der Waals surface area contributed by atoms with Crippen LogP contribution < -0.4 is 0 Å². The first-order valence-electron chi connectivity index (χ1n) is 15.8. The van der Waals surface area contributed by atoms with Crippen molar-refractivity contribution < 1.29 is 0 Å². The van der Waals surface area contributed by atoms with Gasteiger partial charge in [-0.3, -0.25) is 0 Å². The van der Waals surface area contributed by atoms with E-state index in [4.69, 9.17) is 0 Å². The van der Waals surface area contributed by atoms with Crippen molar-refractivity contribution in [1.82, 2.24) is 0 Å². The quantitative estimate of drug-likeness (QED) is 0.184. The maximum atomic E-state index is 2.46. The van der Waals surface area contributed by atoms with Crippen molar-refractivity contribution in [2.24, 2.45) is 0 Å². The monoisotopic (exact) mass is 562 g/mol. The Morgan fingerprint density at radius 2 is 0.818 bits per heavy atom. The van der Waals surface area contributed by atoms with Crippen LogP contribution in [0.1, 0.15) is 49.9 Å². The highest BCUT2D eigenvalue weighted by molar-refractivity contribution is 6.13. The molecule has 0 saturated heterocycles. The van der Waals surface area contributed by atoms with Crippen LogP contribution in [0.2, 0.25) is 0 Å². The van der Waals surface area contributed by atoms with Crippen molar-refractivity contribution >= 4 is 21.5 Å². The van der Waals surface area contributed by atoms with Crippen LogP contribution in [0.4, 0.5) is 0 Å². The number of benzene rings is 7. The van der Waals surface area contributed by atoms with E-state index in [1.54, 1.807) is 0 Å². The van der Waals surface area contributed by atoms with E-state index >= 15 is 0 Å². The zero-order valence-electron chi connectivity index (χ0n) is 25.7. The smallest absolute Gasteiger partial charge is 0.0159 e. The van der Waals surface area contributed by atoms with Crippen molar-refractivity contribution in [3.05, 3.63) is 156 Å². The fourth-order valence-electron chi connectivity index (χ4n) is 8.31. The molecule has 0 fully saturated rings. The molecule has 2 aliphatic carbocycles. The lowest BCUT2D eigenvalue weighted by Gasteiger charge is -2.22. The Bertz CT molecular complexity index is 2330. The molecule has 7 aromatic carbocycles. The Labute approximate surface area is 259 Å². The summed E-state index contributed by atoms with van der Waals surface area (Å²) in [5.41, 5.74) is 16.2. The highest BCUT2D eigenvalue weighted by Gasteiger charge is 2.36. The van der Waals surface area contributed by atoms with Gasteiger partial charge in [-0.2, -0.15) is 0 Å². The fraction of sp³-hybridized carbons (Fsp3) is 0.136. The molecule has 9 rings (SSSR count). The number of fused-ring (bicyclic) bond motifs is 8. The largest absolute Gasteiger partial charge is 0.0619 e. The molecule has 0 unspecified atom stereocenters. The summed E-state index contributed by atoms with van der Waals surface area (Å²) in [5.74, 6) is 0. The van der Waals surface area contributed by atoms with Gasteiger partial charge in [-0.1, -0.05) is 137 Å². The third-order valence-electron chi connectivity index (χ3n) is 10.7. The van der Waals surface area contributed by atoms with Crippen molar-refractivity contribution in [1.29, 1.82) is 0 Å². The summed E-state index contributed by atoms with van der Waals surface area (Å²) in [7, 11) is 0. The normalized spacial score (nSPS) is 15.2. The van der Waals surface area contributed by atoms with E-state index < -0.39 is 0 Å². The van der Waals surface area contributed by atoms with Gasteiger partial charge >= 0.3 is 0 Å². The van der Waals surface area contributed by atoms with E-state index in [1.165, 1.54) is 88.3 Å². The lowest BCUT2D eigenvalue weighted by molar-refractivity contribution is 0.660. The molecule has 0 nitrogen and oxygen atoms in total. The van der Waals surface area contributed by atoms with Crippen molar-refractivity contribution in [2.45, 2.75) is 38.5 Å². The summed E-state index contributed by atoms with van der Waals surface area (Å²) >= 11 is 0. The lowest BCUT2D eigenvalue weighted by atomic mass is 9.81. The van der Waals surface area contributed by atoms with Crippen LogP contribution in [-0.4, -0.2) is 0 Å². The molecule has 44 heavy (non-hydrogen) atoms. The third kappa shape index (κ3) is 3.40. The predicted molar refractivity (Wildman–Crippen MR) is 187 cm³/mol. The average molecular weight is 563 g/mol. The van der Waals surface area contributed by atoms with E-state index in [9.17, 15) is 0 Å². The first-order valence-corrected chi connectivity index (χ1v) is 15.8. The van der Waals surface area contributed by atoms with Gasteiger partial charge < -0.3 is 0 Å². The molecule has 0 heteroatoms. The van der Waals surface area contributed by atoms with Crippen molar-refractivity contribution in [3.8, 4) is 44.5 Å². The molecule has 0 heterocycles. The van der Waals surface area contributed by atoms with Crippen LogP contribution in [0.15, 0.2) is 133 Å². The van der Waals surface area contributed by atoms with E-state index in [0.717, 1.165) is 0 Å². The van der Waals surface area contributed by atoms with Gasteiger partial charge in [-0.05, 0) is 113 Å². The minimum atomic E-state index is -0.0313. The van der Waals surface area contributed by atoms with E-state index in [0.29, 0.717) is 0 Å². The van der Waals surface area contributed by atoms with Gasteiger partial charge in [0.25, 0.3) is 0 Å². The molecule has 2 aliphatic rings. The molecule has 0 radical (unpaired) electrons. The Morgan fingerprint density at radius 3 is 1.50 bits per heavy atom. The Kier molecular flexibility index (Phi) is 5.11. The maximum absolute atomic E-state index is 2.46. The molecule has 0 bridgehead atoms. The van der Waals surface area contributed by atoms with Gasteiger partial charge in [0, 0.05) is 10.8 Å². The van der Waals surface area contributed by atoms with Gasteiger partial charge in [0.1, 0.15) is 0 Å². The van der Waals surface area contributed by atoms with Gasteiger partial charge in [0.05, 0.1) is 0 Å². The van der Waals surface area contributed by atoms with Gasteiger partial charge in [-0.15, -0.1) is 0 Å². The Morgan fingerprint density at radius 1 is 0.341 bits per heavy atom. The Balaban J connectivity index is 1.22. The maximum Gasteiger partial charge on any atom is 0.0159 e. The SMILES string of the molecule is CC1(C)c2ccccc2-c2ccc(-c3ccc4c(-c5ccc6c(c5)C(C)(C)c5ccccc5-6)c5ccccc5cc4c3)cc21. The summed E-state index contributed by atoms with van der Waals surface area (Å²) in [6.45, 7) is 9.45. The predicted octanol–water partition coefficient (Wildman–Crippen LogP) is 11.9. The second-order valence-corrected chi connectivity index (χ2v) is 13.8. The topological polar surface area (TPSA) is 0 Å². The van der Waals surface area contributed by atoms with Crippen LogP contribution in [0, 0.1) is 0 Å². The molecule has 0 aliphatic heterocycles. The van der Waals surface area contributed by atoms with Crippen molar-refractivity contribution in [3.63, 3.8) is 0 Å². The fourth-order valence-corrected chi connectivity index (χ4v) is 8.31. The molecule has 0 atom stereocenters. The zero-order chi connectivity index (χ0) is 29.8.